The molecule has 0 N–H and O–H groups in total. The normalized spacial score (nSPS) is 18.2. The summed E-state index contributed by atoms with van der Waals surface area (Å²) in [5, 5.41) is 9.33. The van der Waals surface area contributed by atoms with E-state index < -0.39 is 0 Å². The first-order chi connectivity index (χ1) is 14.7. The molecule has 2 aliphatic heterocycles. The topological polar surface area (TPSA) is 63.5 Å². The molecule has 0 spiro atoms. The Labute approximate surface area is 180 Å². The Balaban J connectivity index is 1.53. The maximum atomic E-state index is 13.9. The molecule has 0 radical (unpaired) electrons. The summed E-state index contributed by atoms with van der Waals surface area (Å²) in [4.78, 5) is 16.9. The summed E-state index contributed by atoms with van der Waals surface area (Å²) >= 11 is 1.36. The SMILES string of the molecule is O=C(CSc1nnc(N2CCOCC2)n1-c1cccc(F)c1)N1CCCCCCC1. The molecule has 2 aliphatic rings. The number of nitrogens with zero attached hydrogens (tertiary/aromatic N) is 5. The number of ether oxygens (including phenoxy) is 1. The average Bonchev–Trinajstić information content (AvgIpc) is 3.16. The van der Waals surface area contributed by atoms with Crippen LogP contribution in [0.3, 0.4) is 0 Å². The molecule has 9 heteroatoms. The van der Waals surface area contributed by atoms with Gasteiger partial charge in [-0.2, -0.15) is 0 Å². The highest BCUT2D eigenvalue weighted by Gasteiger charge is 2.23. The number of aromatic nitrogens is 3. The number of benzene rings is 1. The van der Waals surface area contributed by atoms with E-state index in [0.29, 0.717) is 48.8 Å². The average molecular weight is 434 g/mol. The Bertz CT molecular complexity index is 848. The number of carbonyl (C=O) groups is 1. The van der Waals surface area contributed by atoms with Crippen molar-refractivity contribution in [2.75, 3.05) is 50.0 Å². The van der Waals surface area contributed by atoms with Crippen LogP contribution in [0.15, 0.2) is 29.4 Å². The lowest BCUT2D eigenvalue weighted by Gasteiger charge is -2.28. The highest BCUT2D eigenvalue weighted by molar-refractivity contribution is 7.99. The molecule has 2 aromatic rings. The zero-order chi connectivity index (χ0) is 20.8. The highest BCUT2D eigenvalue weighted by atomic mass is 32.2. The molecule has 30 heavy (non-hydrogen) atoms. The molecule has 0 atom stereocenters. The van der Waals surface area contributed by atoms with E-state index in [1.807, 2.05) is 15.5 Å². The second-order valence-corrected chi connectivity index (χ2v) is 8.58. The molecule has 0 bridgehead atoms. The van der Waals surface area contributed by atoms with Crippen molar-refractivity contribution in [3.63, 3.8) is 0 Å². The third-order valence-corrected chi connectivity index (χ3v) is 6.42. The standard InChI is InChI=1S/C21H28FN5O2S/c22-17-7-6-8-18(15-17)27-20(26-11-13-29-14-12-26)23-24-21(27)30-16-19(28)25-9-4-2-1-3-5-10-25/h6-8,15H,1-5,9-14,16H2. The maximum Gasteiger partial charge on any atom is 0.233 e. The maximum absolute atomic E-state index is 13.9. The predicted molar refractivity (Wildman–Crippen MR) is 115 cm³/mol. The van der Waals surface area contributed by atoms with Crippen molar-refractivity contribution in [3.05, 3.63) is 30.1 Å². The van der Waals surface area contributed by atoms with Gasteiger partial charge >= 0.3 is 0 Å². The van der Waals surface area contributed by atoms with Gasteiger partial charge in [-0.1, -0.05) is 37.1 Å². The largest absolute Gasteiger partial charge is 0.378 e. The number of morpholine rings is 1. The summed E-state index contributed by atoms with van der Waals surface area (Å²) in [7, 11) is 0. The number of rotatable bonds is 5. The molecule has 1 aromatic heterocycles. The van der Waals surface area contributed by atoms with E-state index in [1.54, 1.807) is 6.07 Å². The van der Waals surface area contributed by atoms with E-state index in [0.717, 1.165) is 25.9 Å². The third-order valence-electron chi connectivity index (χ3n) is 5.51. The quantitative estimate of drug-likeness (QED) is 0.675. The van der Waals surface area contributed by atoms with Gasteiger partial charge in [0.25, 0.3) is 0 Å². The monoisotopic (exact) mass is 433 g/mol. The van der Waals surface area contributed by atoms with Crippen LogP contribution >= 0.6 is 11.8 Å². The summed E-state index contributed by atoms with van der Waals surface area (Å²) < 4.78 is 21.2. The first-order valence-corrected chi connectivity index (χ1v) is 11.7. The summed E-state index contributed by atoms with van der Waals surface area (Å²) in [6.45, 7) is 4.29. The Morgan fingerprint density at radius 3 is 2.50 bits per heavy atom. The number of hydrogen-bond donors (Lipinski definition) is 0. The second kappa shape index (κ2) is 10.3. The van der Waals surface area contributed by atoms with Crippen LogP contribution in [-0.4, -0.2) is 70.7 Å². The van der Waals surface area contributed by atoms with Crippen molar-refractivity contribution in [1.82, 2.24) is 19.7 Å². The Hall–Kier alpha value is -2.13. The molecule has 0 unspecified atom stereocenters. The van der Waals surface area contributed by atoms with E-state index >= 15 is 0 Å². The first kappa shape index (κ1) is 21.1. The molecule has 2 fully saturated rings. The van der Waals surface area contributed by atoms with Gasteiger partial charge in [-0.15, -0.1) is 10.2 Å². The summed E-state index contributed by atoms with van der Waals surface area (Å²) in [5.74, 6) is 0.770. The fourth-order valence-corrected chi connectivity index (χ4v) is 4.73. The molecule has 7 nitrogen and oxygen atoms in total. The van der Waals surface area contributed by atoms with Gasteiger partial charge in [0.2, 0.25) is 11.9 Å². The lowest BCUT2D eigenvalue weighted by Crippen LogP contribution is -2.38. The van der Waals surface area contributed by atoms with Gasteiger partial charge in [0.15, 0.2) is 5.16 Å². The summed E-state index contributed by atoms with van der Waals surface area (Å²) in [6, 6.07) is 6.39. The predicted octanol–water partition coefficient (Wildman–Crippen LogP) is 3.13. The minimum atomic E-state index is -0.318. The number of carbonyl (C=O) groups excluding carboxylic acids is 1. The van der Waals surface area contributed by atoms with E-state index in [9.17, 15) is 9.18 Å². The van der Waals surface area contributed by atoms with Crippen molar-refractivity contribution >= 4 is 23.6 Å². The molecule has 1 amide bonds. The van der Waals surface area contributed by atoms with Crippen LogP contribution in [0.4, 0.5) is 10.3 Å². The molecule has 162 valence electrons. The number of amides is 1. The van der Waals surface area contributed by atoms with Crippen molar-refractivity contribution in [3.8, 4) is 5.69 Å². The van der Waals surface area contributed by atoms with Crippen LogP contribution in [0.25, 0.3) is 5.69 Å². The van der Waals surface area contributed by atoms with Gasteiger partial charge in [-0.05, 0) is 31.0 Å². The number of likely N-dealkylation sites (tertiary alicyclic amines) is 1. The van der Waals surface area contributed by atoms with Crippen molar-refractivity contribution in [2.24, 2.45) is 0 Å². The van der Waals surface area contributed by atoms with Gasteiger partial charge < -0.3 is 14.5 Å². The smallest absolute Gasteiger partial charge is 0.233 e. The zero-order valence-corrected chi connectivity index (χ0v) is 17.9. The van der Waals surface area contributed by atoms with Gasteiger partial charge in [-0.25, -0.2) is 4.39 Å². The Kier molecular flexibility index (Phi) is 7.22. The molecule has 2 saturated heterocycles. The molecule has 0 saturated carbocycles. The van der Waals surface area contributed by atoms with E-state index in [4.69, 9.17) is 4.74 Å². The van der Waals surface area contributed by atoms with Crippen molar-refractivity contribution in [2.45, 2.75) is 37.3 Å². The number of halogens is 1. The minimum absolute atomic E-state index is 0.128. The van der Waals surface area contributed by atoms with Crippen molar-refractivity contribution < 1.29 is 13.9 Å². The van der Waals surface area contributed by atoms with Crippen LogP contribution in [0.2, 0.25) is 0 Å². The molecule has 1 aromatic carbocycles. The van der Waals surface area contributed by atoms with E-state index in [1.165, 1.54) is 43.2 Å². The number of anilines is 1. The highest BCUT2D eigenvalue weighted by Crippen LogP contribution is 2.28. The summed E-state index contributed by atoms with van der Waals surface area (Å²) in [6.07, 6.45) is 5.77. The Morgan fingerprint density at radius 1 is 1.03 bits per heavy atom. The second-order valence-electron chi connectivity index (χ2n) is 7.63. The first-order valence-electron chi connectivity index (χ1n) is 10.7. The molecular formula is C21H28FN5O2S. The molecular weight excluding hydrogens is 405 g/mol. The minimum Gasteiger partial charge on any atom is -0.378 e. The fourth-order valence-electron chi connectivity index (χ4n) is 3.88. The van der Waals surface area contributed by atoms with Crippen molar-refractivity contribution in [1.29, 1.82) is 0 Å². The van der Waals surface area contributed by atoms with Crippen LogP contribution < -0.4 is 4.90 Å². The molecule has 0 aliphatic carbocycles. The van der Waals surface area contributed by atoms with Gasteiger partial charge in [0, 0.05) is 26.2 Å². The zero-order valence-electron chi connectivity index (χ0n) is 17.1. The van der Waals surface area contributed by atoms with Crippen LogP contribution in [-0.2, 0) is 9.53 Å². The lowest BCUT2D eigenvalue weighted by molar-refractivity contribution is -0.128. The summed E-state index contributed by atoms with van der Waals surface area (Å²) in [5.41, 5.74) is 0.655. The fraction of sp³-hybridized carbons (Fsp3) is 0.571. The van der Waals surface area contributed by atoms with E-state index in [2.05, 4.69) is 15.1 Å². The van der Waals surface area contributed by atoms with Gasteiger partial charge in [0.1, 0.15) is 5.82 Å². The molecule has 3 heterocycles. The number of thioether (sulfide) groups is 1. The Morgan fingerprint density at radius 2 is 1.77 bits per heavy atom. The van der Waals surface area contributed by atoms with Gasteiger partial charge in [0.05, 0.1) is 24.7 Å². The molecule has 4 rings (SSSR count). The van der Waals surface area contributed by atoms with E-state index in [-0.39, 0.29) is 11.7 Å². The van der Waals surface area contributed by atoms with Crippen LogP contribution in [0.1, 0.15) is 32.1 Å². The third kappa shape index (κ3) is 5.13. The van der Waals surface area contributed by atoms with Crippen LogP contribution in [0, 0.1) is 5.82 Å². The lowest BCUT2D eigenvalue weighted by atomic mass is 10.1. The number of hydrogen-bond acceptors (Lipinski definition) is 6. The van der Waals surface area contributed by atoms with Gasteiger partial charge in [-0.3, -0.25) is 9.36 Å². The van der Waals surface area contributed by atoms with Crippen LogP contribution in [0.5, 0.6) is 0 Å².